The molecule has 1 aliphatic heterocycles. The Hall–Kier alpha value is -2.43. The lowest BCUT2D eigenvalue weighted by Crippen LogP contribution is -2.49. The van der Waals surface area contributed by atoms with Gasteiger partial charge < -0.3 is 5.32 Å². The first-order valence-corrected chi connectivity index (χ1v) is 10.7. The van der Waals surface area contributed by atoms with Crippen molar-refractivity contribution in [3.63, 3.8) is 0 Å². The summed E-state index contributed by atoms with van der Waals surface area (Å²) in [5.41, 5.74) is 2.54. The SMILES string of the molecule is CC[C@@H](CNC(=O)CN1CCN(C/C=C/c2ccccc2)CC1)c1ccccc1. The van der Waals surface area contributed by atoms with Crippen molar-refractivity contribution in [2.45, 2.75) is 19.3 Å². The fourth-order valence-electron chi connectivity index (χ4n) is 3.75. The third-order valence-corrected chi connectivity index (χ3v) is 5.62. The predicted octanol–water partition coefficient (Wildman–Crippen LogP) is 3.63. The Balaban J connectivity index is 1.34. The second kappa shape index (κ2) is 11.5. The first-order valence-electron chi connectivity index (χ1n) is 10.7. The molecule has 0 aromatic heterocycles. The van der Waals surface area contributed by atoms with Crippen LogP contribution in [0, 0.1) is 0 Å². The van der Waals surface area contributed by atoms with Crippen molar-refractivity contribution in [2.24, 2.45) is 0 Å². The van der Waals surface area contributed by atoms with Crippen LogP contribution >= 0.6 is 0 Å². The van der Waals surface area contributed by atoms with Crippen LogP contribution in [0.2, 0.25) is 0 Å². The van der Waals surface area contributed by atoms with Crippen molar-refractivity contribution in [3.05, 3.63) is 77.9 Å². The third-order valence-electron chi connectivity index (χ3n) is 5.62. The topological polar surface area (TPSA) is 35.6 Å². The van der Waals surface area contributed by atoms with Crippen LogP contribution in [0.5, 0.6) is 0 Å². The molecule has 1 atom stereocenters. The number of carbonyl (C=O) groups excluding carboxylic acids is 1. The highest BCUT2D eigenvalue weighted by atomic mass is 16.2. The maximum atomic E-state index is 12.4. The first kappa shape index (κ1) is 21.3. The van der Waals surface area contributed by atoms with Crippen LogP contribution in [0.3, 0.4) is 0 Å². The molecule has 1 amide bonds. The molecule has 1 aliphatic rings. The lowest BCUT2D eigenvalue weighted by molar-refractivity contribution is -0.122. The summed E-state index contributed by atoms with van der Waals surface area (Å²) in [4.78, 5) is 17.1. The lowest BCUT2D eigenvalue weighted by Gasteiger charge is -2.33. The van der Waals surface area contributed by atoms with E-state index in [0.29, 0.717) is 19.0 Å². The number of nitrogens with zero attached hydrogens (tertiary/aromatic N) is 2. The quantitative estimate of drug-likeness (QED) is 0.709. The van der Waals surface area contributed by atoms with Gasteiger partial charge in [0, 0.05) is 45.2 Å². The molecule has 0 radical (unpaired) electrons. The van der Waals surface area contributed by atoms with Gasteiger partial charge in [-0.1, -0.05) is 79.7 Å². The molecule has 0 saturated carbocycles. The van der Waals surface area contributed by atoms with Crippen molar-refractivity contribution in [1.29, 1.82) is 0 Å². The molecule has 154 valence electrons. The normalized spacial score (nSPS) is 16.7. The number of carbonyl (C=O) groups is 1. The van der Waals surface area contributed by atoms with Crippen LogP contribution in [0.25, 0.3) is 6.08 Å². The van der Waals surface area contributed by atoms with Gasteiger partial charge >= 0.3 is 0 Å². The minimum atomic E-state index is 0.136. The summed E-state index contributed by atoms with van der Waals surface area (Å²) >= 11 is 0. The van der Waals surface area contributed by atoms with Gasteiger partial charge in [0.05, 0.1) is 6.54 Å². The summed E-state index contributed by atoms with van der Waals surface area (Å²) < 4.78 is 0. The largest absolute Gasteiger partial charge is 0.354 e. The van der Waals surface area contributed by atoms with Crippen molar-refractivity contribution in [1.82, 2.24) is 15.1 Å². The monoisotopic (exact) mass is 391 g/mol. The Kier molecular flexibility index (Phi) is 8.47. The van der Waals surface area contributed by atoms with Gasteiger partial charge in [0.25, 0.3) is 0 Å². The molecular weight excluding hydrogens is 358 g/mol. The van der Waals surface area contributed by atoms with Crippen LogP contribution in [0.1, 0.15) is 30.4 Å². The van der Waals surface area contributed by atoms with E-state index in [9.17, 15) is 4.79 Å². The highest BCUT2D eigenvalue weighted by molar-refractivity contribution is 5.78. The van der Waals surface area contributed by atoms with Crippen LogP contribution in [-0.2, 0) is 4.79 Å². The summed E-state index contributed by atoms with van der Waals surface area (Å²) in [6.45, 7) is 8.26. The van der Waals surface area contributed by atoms with E-state index in [4.69, 9.17) is 0 Å². The van der Waals surface area contributed by atoms with Gasteiger partial charge in [-0.05, 0) is 17.5 Å². The Morgan fingerprint density at radius 3 is 2.24 bits per heavy atom. The van der Waals surface area contributed by atoms with E-state index < -0.39 is 0 Å². The molecule has 1 N–H and O–H groups in total. The second-order valence-electron chi connectivity index (χ2n) is 7.71. The molecule has 1 fully saturated rings. The number of benzene rings is 2. The number of hydrogen-bond acceptors (Lipinski definition) is 3. The summed E-state index contributed by atoms with van der Waals surface area (Å²) in [7, 11) is 0. The van der Waals surface area contributed by atoms with Gasteiger partial charge in [-0.3, -0.25) is 14.6 Å². The van der Waals surface area contributed by atoms with Gasteiger partial charge in [-0.15, -0.1) is 0 Å². The standard InChI is InChI=1S/C25H33N3O/c1-2-23(24-13-7-4-8-14-24)20-26-25(29)21-28-18-16-27(17-19-28)15-9-12-22-10-5-3-6-11-22/h3-14,23H,2,15-21H2,1H3,(H,26,29)/b12-9+/t23-/m0/s1. The molecule has 0 bridgehead atoms. The fourth-order valence-corrected chi connectivity index (χ4v) is 3.75. The molecule has 4 heteroatoms. The third kappa shape index (κ3) is 7.15. The van der Waals surface area contributed by atoms with Crippen LogP contribution in [-0.4, -0.2) is 61.5 Å². The maximum absolute atomic E-state index is 12.4. The van der Waals surface area contributed by atoms with E-state index in [2.05, 4.69) is 82.7 Å². The molecule has 0 unspecified atom stereocenters. The molecule has 0 aliphatic carbocycles. The number of amides is 1. The molecule has 29 heavy (non-hydrogen) atoms. The Morgan fingerprint density at radius 1 is 0.966 bits per heavy atom. The highest BCUT2D eigenvalue weighted by Crippen LogP contribution is 2.17. The molecule has 2 aromatic carbocycles. The van der Waals surface area contributed by atoms with E-state index >= 15 is 0 Å². The molecule has 4 nitrogen and oxygen atoms in total. The van der Waals surface area contributed by atoms with Crippen molar-refractivity contribution in [2.75, 3.05) is 45.8 Å². The minimum absolute atomic E-state index is 0.136. The number of hydrogen-bond donors (Lipinski definition) is 1. The highest BCUT2D eigenvalue weighted by Gasteiger charge is 2.18. The van der Waals surface area contributed by atoms with Crippen molar-refractivity contribution >= 4 is 12.0 Å². The molecule has 2 aromatic rings. The lowest BCUT2D eigenvalue weighted by atomic mass is 9.96. The Bertz CT molecular complexity index is 752. The van der Waals surface area contributed by atoms with Gasteiger partial charge in [0.2, 0.25) is 5.91 Å². The molecule has 1 heterocycles. The molecular formula is C25H33N3O. The van der Waals surface area contributed by atoms with Crippen molar-refractivity contribution < 1.29 is 4.79 Å². The van der Waals surface area contributed by atoms with E-state index in [1.165, 1.54) is 11.1 Å². The van der Waals surface area contributed by atoms with E-state index in [1.807, 2.05) is 12.1 Å². The number of rotatable bonds is 9. The van der Waals surface area contributed by atoms with Crippen LogP contribution in [0.4, 0.5) is 0 Å². The Morgan fingerprint density at radius 2 is 1.59 bits per heavy atom. The van der Waals surface area contributed by atoms with Crippen LogP contribution < -0.4 is 5.32 Å². The number of piperazine rings is 1. The van der Waals surface area contributed by atoms with Crippen LogP contribution in [0.15, 0.2) is 66.7 Å². The van der Waals surface area contributed by atoms with E-state index in [0.717, 1.165) is 39.1 Å². The smallest absolute Gasteiger partial charge is 0.234 e. The second-order valence-corrected chi connectivity index (χ2v) is 7.71. The zero-order valence-corrected chi connectivity index (χ0v) is 17.5. The first-order chi connectivity index (χ1) is 14.2. The number of nitrogens with one attached hydrogen (secondary N) is 1. The molecule has 1 saturated heterocycles. The maximum Gasteiger partial charge on any atom is 0.234 e. The Labute approximate surface area is 175 Å². The van der Waals surface area contributed by atoms with Gasteiger partial charge in [0.1, 0.15) is 0 Å². The predicted molar refractivity (Wildman–Crippen MR) is 121 cm³/mol. The zero-order chi connectivity index (χ0) is 20.3. The fraction of sp³-hybridized carbons (Fsp3) is 0.400. The zero-order valence-electron chi connectivity index (χ0n) is 17.5. The summed E-state index contributed by atoms with van der Waals surface area (Å²) in [6.07, 6.45) is 5.43. The van der Waals surface area contributed by atoms with Gasteiger partial charge in [-0.2, -0.15) is 0 Å². The van der Waals surface area contributed by atoms with Gasteiger partial charge in [0.15, 0.2) is 0 Å². The average molecular weight is 392 g/mol. The van der Waals surface area contributed by atoms with Crippen molar-refractivity contribution in [3.8, 4) is 0 Å². The molecule has 3 rings (SSSR count). The summed E-state index contributed by atoms with van der Waals surface area (Å²) in [5.74, 6) is 0.519. The average Bonchev–Trinajstić information content (AvgIpc) is 2.77. The van der Waals surface area contributed by atoms with E-state index in [1.54, 1.807) is 0 Å². The van der Waals surface area contributed by atoms with E-state index in [-0.39, 0.29) is 5.91 Å². The molecule has 0 spiro atoms. The van der Waals surface area contributed by atoms with Gasteiger partial charge in [-0.25, -0.2) is 0 Å². The summed E-state index contributed by atoms with van der Waals surface area (Å²) in [5, 5.41) is 3.14. The summed E-state index contributed by atoms with van der Waals surface area (Å²) in [6, 6.07) is 20.9. The minimum Gasteiger partial charge on any atom is -0.354 e.